The van der Waals surface area contributed by atoms with E-state index in [2.05, 4.69) is 9.98 Å². The van der Waals surface area contributed by atoms with Gasteiger partial charge in [-0.05, 0) is 51.8 Å². The second-order valence-corrected chi connectivity index (χ2v) is 7.61. The van der Waals surface area contributed by atoms with E-state index in [0.29, 0.717) is 24.1 Å². The predicted octanol–water partition coefficient (Wildman–Crippen LogP) is 3.27. The Bertz CT molecular complexity index is 1270. The van der Waals surface area contributed by atoms with Gasteiger partial charge < -0.3 is 9.30 Å². The lowest BCUT2D eigenvalue weighted by Crippen LogP contribution is -2.34. The van der Waals surface area contributed by atoms with Crippen LogP contribution in [0.1, 0.15) is 63.9 Å². The lowest BCUT2D eigenvalue weighted by molar-refractivity contribution is -0.122. The largest absolute Gasteiger partial charge is 0.462 e. The molecule has 0 spiro atoms. The Hall–Kier alpha value is -3.29. The number of fused-ring (bicyclic) bond motifs is 2. The Morgan fingerprint density at radius 2 is 1.87 bits per heavy atom. The molecule has 8 heteroatoms. The SMILES string of the molecule is CCOC(=O)c1cc2c(=O)n3ccccc3nc2n(C(C)C)c1=NC(=O)C(CC)CC. The van der Waals surface area contributed by atoms with E-state index in [0.717, 1.165) is 0 Å². The van der Waals surface area contributed by atoms with E-state index in [1.165, 1.54) is 10.5 Å². The van der Waals surface area contributed by atoms with Crippen molar-refractivity contribution in [2.75, 3.05) is 6.61 Å². The zero-order valence-corrected chi connectivity index (χ0v) is 18.6. The molecular weight excluding hydrogens is 396 g/mol. The van der Waals surface area contributed by atoms with Crippen LogP contribution in [-0.2, 0) is 9.53 Å². The monoisotopic (exact) mass is 424 g/mol. The van der Waals surface area contributed by atoms with Gasteiger partial charge in [-0.25, -0.2) is 9.78 Å². The fraction of sp³-hybridized carbons (Fsp3) is 0.435. The molecule has 0 aliphatic heterocycles. The zero-order valence-electron chi connectivity index (χ0n) is 18.6. The summed E-state index contributed by atoms with van der Waals surface area (Å²) in [5.74, 6) is -1.18. The summed E-state index contributed by atoms with van der Waals surface area (Å²) in [7, 11) is 0. The number of carbonyl (C=O) groups excluding carboxylic acids is 2. The molecule has 3 heterocycles. The van der Waals surface area contributed by atoms with Gasteiger partial charge in [0, 0.05) is 18.2 Å². The van der Waals surface area contributed by atoms with Gasteiger partial charge in [-0.15, -0.1) is 0 Å². The van der Waals surface area contributed by atoms with E-state index in [1.807, 2.05) is 27.7 Å². The molecule has 0 aliphatic carbocycles. The molecule has 0 atom stereocenters. The van der Waals surface area contributed by atoms with E-state index in [1.54, 1.807) is 35.9 Å². The number of amides is 1. The van der Waals surface area contributed by atoms with E-state index in [-0.39, 0.29) is 46.5 Å². The normalized spacial score (nSPS) is 12.3. The summed E-state index contributed by atoms with van der Waals surface area (Å²) in [5, 5.41) is 0.259. The standard InChI is InChI=1S/C23H28N4O4/c1-6-15(7-2)21(28)25-20-17(23(30)31-8-3)13-16-19(27(20)14(4)5)24-18-11-9-10-12-26(18)22(16)29/h9-15H,6-8H2,1-5H3. The molecule has 0 saturated heterocycles. The van der Waals surface area contributed by atoms with Crippen molar-refractivity contribution >= 4 is 28.6 Å². The molecule has 3 aromatic heterocycles. The average Bonchev–Trinajstić information content (AvgIpc) is 2.74. The molecule has 0 aromatic carbocycles. The average molecular weight is 425 g/mol. The van der Waals surface area contributed by atoms with Crippen LogP contribution in [0.2, 0.25) is 0 Å². The maximum absolute atomic E-state index is 13.2. The Morgan fingerprint density at radius 3 is 2.48 bits per heavy atom. The Kier molecular flexibility index (Phi) is 6.68. The van der Waals surface area contributed by atoms with Gasteiger partial charge in [-0.3, -0.25) is 14.0 Å². The van der Waals surface area contributed by atoms with Gasteiger partial charge in [0.15, 0.2) is 5.49 Å². The summed E-state index contributed by atoms with van der Waals surface area (Å²) >= 11 is 0. The summed E-state index contributed by atoms with van der Waals surface area (Å²) in [6, 6.07) is 6.49. The first-order valence-corrected chi connectivity index (χ1v) is 10.7. The topological polar surface area (TPSA) is 95.0 Å². The van der Waals surface area contributed by atoms with Gasteiger partial charge in [-0.1, -0.05) is 19.9 Å². The van der Waals surface area contributed by atoms with E-state index >= 15 is 0 Å². The molecule has 0 aliphatic rings. The van der Waals surface area contributed by atoms with E-state index in [9.17, 15) is 14.4 Å². The van der Waals surface area contributed by atoms with Crippen LogP contribution in [0.5, 0.6) is 0 Å². The van der Waals surface area contributed by atoms with Crippen LogP contribution in [0.15, 0.2) is 40.2 Å². The van der Waals surface area contributed by atoms with Crippen molar-refractivity contribution in [2.45, 2.75) is 53.5 Å². The lowest BCUT2D eigenvalue weighted by Gasteiger charge is -2.18. The molecule has 1 amide bonds. The van der Waals surface area contributed by atoms with Gasteiger partial charge >= 0.3 is 5.97 Å². The van der Waals surface area contributed by atoms with Gasteiger partial charge in [0.1, 0.15) is 16.9 Å². The first-order chi connectivity index (χ1) is 14.8. The van der Waals surface area contributed by atoms with Crippen LogP contribution in [0.25, 0.3) is 16.7 Å². The first kappa shape index (κ1) is 22.4. The van der Waals surface area contributed by atoms with Crippen LogP contribution in [0.4, 0.5) is 0 Å². The second-order valence-electron chi connectivity index (χ2n) is 7.61. The van der Waals surface area contributed by atoms with Crippen molar-refractivity contribution < 1.29 is 14.3 Å². The number of nitrogens with zero attached hydrogens (tertiary/aromatic N) is 4. The molecular formula is C23H28N4O4. The molecule has 164 valence electrons. The fourth-order valence-corrected chi connectivity index (χ4v) is 3.64. The third-order valence-electron chi connectivity index (χ3n) is 5.30. The molecule has 0 radical (unpaired) electrons. The van der Waals surface area contributed by atoms with Crippen LogP contribution in [0, 0.1) is 5.92 Å². The molecule has 0 N–H and O–H groups in total. The highest BCUT2D eigenvalue weighted by Crippen LogP contribution is 2.16. The van der Waals surface area contributed by atoms with Crippen molar-refractivity contribution in [1.29, 1.82) is 0 Å². The Labute approximate surface area is 180 Å². The van der Waals surface area contributed by atoms with Crippen LogP contribution < -0.4 is 11.0 Å². The Balaban J connectivity index is 2.52. The fourth-order valence-electron chi connectivity index (χ4n) is 3.64. The third-order valence-corrected chi connectivity index (χ3v) is 5.30. The molecule has 0 fully saturated rings. The highest BCUT2D eigenvalue weighted by Gasteiger charge is 2.22. The maximum atomic E-state index is 13.2. The number of esters is 1. The van der Waals surface area contributed by atoms with Crippen molar-refractivity contribution in [3.05, 3.63) is 51.9 Å². The van der Waals surface area contributed by atoms with Crippen molar-refractivity contribution in [3.63, 3.8) is 0 Å². The highest BCUT2D eigenvalue weighted by molar-refractivity contribution is 5.94. The van der Waals surface area contributed by atoms with Crippen molar-refractivity contribution in [2.24, 2.45) is 10.9 Å². The summed E-state index contributed by atoms with van der Waals surface area (Å²) in [6.07, 6.45) is 2.92. The molecule has 0 bridgehead atoms. The van der Waals surface area contributed by atoms with Crippen LogP contribution >= 0.6 is 0 Å². The van der Waals surface area contributed by atoms with Crippen molar-refractivity contribution in [1.82, 2.24) is 14.0 Å². The molecule has 0 saturated carbocycles. The van der Waals surface area contributed by atoms with Crippen molar-refractivity contribution in [3.8, 4) is 0 Å². The molecule has 3 aromatic rings. The number of hydrogen-bond acceptors (Lipinski definition) is 5. The molecule has 0 unspecified atom stereocenters. The van der Waals surface area contributed by atoms with Gasteiger partial charge in [0.2, 0.25) is 0 Å². The summed E-state index contributed by atoms with van der Waals surface area (Å²) in [4.78, 5) is 47.9. The van der Waals surface area contributed by atoms with Gasteiger partial charge in [0.05, 0.1) is 12.0 Å². The Morgan fingerprint density at radius 1 is 1.16 bits per heavy atom. The van der Waals surface area contributed by atoms with Gasteiger partial charge in [0.25, 0.3) is 11.5 Å². The van der Waals surface area contributed by atoms with E-state index in [4.69, 9.17) is 4.74 Å². The second kappa shape index (κ2) is 9.24. The lowest BCUT2D eigenvalue weighted by atomic mass is 10.0. The number of hydrogen-bond donors (Lipinski definition) is 0. The first-order valence-electron chi connectivity index (χ1n) is 10.7. The van der Waals surface area contributed by atoms with E-state index < -0.39 is 5.97 Å². The highest BCUT2D eigenvalue weighted by atomic mass is 16.5. The molecule has 3 rings (SSSR count). The summed E-state index contributed by atoms with van der Waals surface area (Å²) in [5.41, 5.74) is 0.784. The van der Waals surface area contributed by atoms with Crippen LogP contribution in [0.3, 0.4) is 0 Å². The number of rotatable bonds is 6. The van der Waals surface area contributed by atoms with Gasteiger partial charge in [-0.2, -0.15) is 4.99 Å². The smallest absolute Gasteiger partial charge is 0.341 e. The molecule has 31 heavy (non-hydrogen) atoms. The summed E-state index contributed by atoms with van der Waals surface area (Å²) < 4.78 is 8.32. The zero-order chi connectivity index (χ0) is 22.7. The third kappa shape index (κ3) is 4.15. The summed E-state index contributed by atoms with van der Waals surface area (Å²) in [6.45, 7) is 9.50. The number of ether oxygens (including phenoxy) is 1. The minimum atomic E-state index is -0.632. The maximum Gasteiger partial charge on any atom is 0.341 e. The quantitative estimate of drug-likeness (QED) is 0.447. The minimum Gasteiger partial charge on any atom is -0.462 e. The number of aromatic nitrogens is 3. The van der Waals surface area contributed by atoms with Crippen LogP contribution in [-0.4, -0.2) is 32.4 Å². The number of carbonyl (C=O) groups is 2. The predicted molar refractivity (Wildman–Crippen MR) is 118 cm³/mol. The minimum absolute atomic E-state index is 0.0807. The molecule has 8 nitrogen and oxygen atoms in total. The number of pyridine rings is 2.